The number of nitrogens with one attached hydrogen (secondary N) is 2. The molecule has 2 aromatic heterocycles. The molecular weight excluding hydrogens is 447 g/mol. The number of nitrogen functional groups attached to an aromatic ring is 1. The van der Waals surface area contributed by atoms with Crippen molar-refractivity contribution in [3.63, 3.8) is 0 Å². The molecular formula is C26H23FN6O2. The number of aromatic nitrogens is 3. The van der Waals surface area contributed by atoms with Gasteiger partial charge in [-0.15, -0.1) is 0 Å². The Morgan fingerprint density at radius 3 is 2.77 bits per heavy atom. The van der Waals surface area contributed by atoms with Crippen LogP contribution in [0.25, 0.3) is 16.5 Å². The number of anilines is 2. The lowest BCUT2D eigenvalue weighted by Crippen LogP contribution is -2.25. The van der Waals surface area contributed by atoms with Crippen LogP contribution in [0.3, 0.4) is 0 Å². The van der Waals surface area contributed by atoms with Gasteiger partial charge in [-0.3, -0.25) is 14.8 Å². The number of hydrogen-bond donors (Lipinski definition) is 4. The van der Waals surface area contributed by atoms with Crippen molar-refractivity contribution in [2.24, 2.45) is 0 Å². The van der Waals surface area contributed by atoms with Crippen molar-refractivity contribution < 1.29 is 9.50 Å². The second kappa shape index (κ2) is 9.75. The lowest BCUT2D eigenvalue weighted by atomic mass is 10.1. The topological polar surface area (TPSA) is 130 Å². The van der Waals surface area contributed by atoms with Crippen LogP contribution in [0.2, 0.25) is 0 Å². The van der Waals surface area contributed by atoms with Gasteiger partial charge in [0.25, 0.3) is 5.56 Å². The highest BCUT2D eigenvalue weighted by Crippen LogP contribution is 2.23. The molecule has 0 aliphatic heterocycles. The second-order valence-electron chi connectivity index (χ2n) is 7.92. The van der Waals surface area contributed by atoms with Crippen LogP contribution in [0.15, 0.2) is 59.7 Å². The summed E-state index contributed by atoms with van der Waals surface area (Å²) in [6, 6.07) is 13.4. The molecule has 0 spiro atoms. The fraction of sp³-hybridized carbons (Fsp3) is 0.154. The van der Waals surface area contributed by atoms with Crippen molar-refractivity contribution in [3.8, 4) is 17.5 Å². The van der Waals surface area contributed by atoms with Gasteiger partial charge in [0.1, 0.15) is 35.6 Å². The molecule has 35 heavy (non-hydrogen) atoms. The number of nitrogens with zero attached hydrogens (tertiary/aromatic N) is 3. The predicted molar refractivity (Wildman–Crippen MR) is 134 cm³/mol. The minimum atomic E-state index is -0.922. The highest BCUT2D eigenvalue weighted by Gasteiger charge is 2.17. The fourth-order valence-corrected chi connectivity index (χ4v) is 3.81. The van der Waals surface area contributed by atoms with E-state index in [2.05, 4.69) is 27.1 Å². The normalized spacial score (nSPS) is 11.5. The zero-order chi connectivity index (χ0) is 25.1. The smallest absolute Gasteiger partial charge is 0.263 e. The molecule has 0 fully saturated rings. The van der Waals surface area contributed by atoms with Crippen LogP contribution in [0.1, 0.15) is 23.7 Å². The molecule has 1 atom stereocenters. The first-order chi connectivity index (χ1) is 16.8. The number of para-hydroxylation sites is 1. The van der Waals surface area contributed by atoms with Gasteiger partial charge in [0.05, 0.1) is 23.2 Å². The molecule has 9 heteroatoms. The molecule has 8 nitrogen and oxygen atoms in total. The average molecular weight is 471 g/mol. The van der Waals surface area contributed by atoms with Crippen molar-refractivity contribution in [2.75, 3.05) is 11.1 Å². The lowest BCUT2D eigenvalue weighted by molar-refractivity contribution is 0.253. The number of aryl methyl sites for hydroxylation is 1. The van der Waals surface area contributed by atoms with E-state index >= 15 is 0 Å². The largest absolute Gasteiger partial charge is 0.383 e. The Kier molecular flexibility index (Phi) is 6.57. The maximum Gasteiger partial charge on any atom is 0.263 e. The van der Waals surface area contributed by atoms with Crippen LogP contribution in [0.4, 0.5) is 16.0 Å². The summed E-state index contributed by atoms with van der Waals surface area (Å²) in [6.45, 7) is 3.38. The van der Waals surface area contributed by atoms with E-state index in [-0.39, 0.29) is 40.7 Å². The summed E-state index contributed by atoms with van der Waals surface area (Å²) in [6.07, 6.45) is 0.318. The Morgan fingerprint density at radius 1 is 1.26 bits per heavy atom. The minimum Gasteiger partial charge on any atom is -0.383 e. The molecule has 0 bridgehead atoms. The number of aliphatic hydroxyl groups is 1. The first-order valence-electron chi connectivity index (χ1n) is 10.8. The van der Waals surface area contributed by atoms with Gasteiger partial charge in [-0.05, 0) is 48.9 Å². The Labute approximate surface area is 200 Å². The number of pyridine rings is 1. The standard InChI is InChI=1S/C26H23FN6O2/c1-15-6-5-7-17-12-18(33(26(35)22(15)17)21-9-4-3-8-19(21)27)13-30-25-23(24(29)31-14-32-25)20(28)11-10-16(2)34/h3-9,12,14,16,28,34H,13H2,1-2H3,(H3,29,30,31,32)/t16-/m1/s1. The van der Waals surface area contributed by atoms with Gasteiger partial charge >= 0.3 is 0 Å². The summed E-state index contributed by atoms with van der Waals surface area (Å²) >= 11 is 0. The Morgan fingerprint density at radius 2 is 2.03 bits per heavy atom. The molecule has 0 aliphatic carbocycles. The van der Waals surface area contributed by atoms with Crippen LogP contribution in [0, 0.1) is 30.0 Å². The summed E-state index contributed by atoms with van der Waals surface area (Å²) < 4.78 is 16.1. The molecule has 0 saturated heterocycles. The summed E-state index contributed by atoms with van der Waals surface area (Å²) in [5, 5.41) is 22.0. The molecule has 2 heterocycles. The van der Waals surface area contributed by atoms with Crippen molar-refractivity contribution >= 4 is 28.1 Å². The van der Waals surface area contributed by atoms with Gasteiger partial charge in [0, 0.05) is 5.69 Å². The van der Waals surface area contributed by atoms with Gasteiger partial charge < -0.3 is 16.2 Å². The van der Waals surface area contributed by atoms with Crippen LogP contribution >= 0.6 is 0 Å². The Balaban J connectivity index is 1.83. The van der Waals surface area contributed by atoms with Crippen molar-refractivity contribution in [3.05, 3.63) is 87.9 Å². The number of benzene rings is 2. The van der Waals surface area contributed by atoms with Crippen molar-refractivity contribution in [1.29, 1.82) is 5.41 Å². The Bertz CT molecular complexity index is 1570. The molecule has 176 valence electrons. The van der Waals surface area contributed by atoms with E-state index in [4.69, 9.17) is 11.1 Å². The minimum absolute atomic E-state index is 0.0352. The lowest BCUT2D eigenvalue weighted by Gasteiger charge is -2.18. The predicted octanol–water partition coefficient (Wildman–Crippen LogP) is 3.17. The maximum absolute atomic E-state index is 14.8. The van der Waals surface area contributed by atoms with E-state index in [0.29, 0.717) is 11.1 Å². The first-order valence-corrected chi connectivity index (χ1v) is 10.8. The zero-order valence-corrected chi connectivity index (χ0v) is 19.1. The molecule has 2 aromatic carbocycles. The van der Waals surface area contributed by atoms with E-state index in [1.165, 1.54) is 23.9 Å². The van der Waals surface area contributed by atoms with Crippen LogP contribution in [-0.4, -0.2) is 31.5 Å². The van der Waals surface area contributed by atoms with Gasteiger partial charge in [-0.2, -0.15) is 0 Å². The zero-order valence-electron chi connectivity index (χ0n) is 19.1. The molecule has 0 amide bonds. The molecule has 0 saturated carbocycles. The van der Waals surface area contributed by atoms with E-state index in [9.17, 15) is 14.3 Å². The quantitative estimate of drug-likeness (QED) is 0.262. The van der Waals surface area contributed by atoms with Crippen molar-refractivity contribution in [2.45, 2.75) is 26.5 Å². The van der Waals surface area contributed by atoms with Crippen LogP contribution < -0.4 is 16.6 Å². The molecule has 0 unspecified atom stereocenters. The number of hydrogen-bond acceptors (Lipinski definition) is 7. The van der Waals surface area contributed by atoms with Gasteiger partial charge in [-0.1, -0.05) is 36.3 Å². The summed E-state index contributed by atoms with van der Waals surface area (Å²) in [4.78, 5) is 21.7. The highest BCUT2D eigenvalue weighted by molar-refractivity contribution is 6.16. The van der Waals surface area contributed by atoms with E-state index < -0.39 is 11.9 Å². The van der Waals surface area contributed by atoms with E-state index in [1.54, 1.807) is 18.2 Å². The molecule has 0 aliphatic rings. The van der Waals surface area contributed by atoms with Gasteiger partial charge in [0.2, 0.25) is 0 Å². The summed E-state index contributed by atoms with van der Waals surface area (Å²) in [5.74, 6) is 4.76. The first kappa shape index (κ1) is 23.6. The number of fused-ring (bicyclic) bond motifs is 1. The number of aliphatic hydroxyl groups excluding tert-OH is 1. The molecule has 4 aromatic rings. The van der Waals surface area contributed by atoms with Crippen LogP contribution in [0.5, 0.6) is 0 Å². The van der Waals surface area contributed by atoms with E-state index in [1.807, 2.05) is 31.2 Å². The average Bonchev–Trinajstić information content (AvgIpc) is 2.82. The third kappa shape index (κ3) is 4.74. The van der Waals surface area contributed by atoms with E-state index in [0.717, 1.165) is 10.9 Å². The molecule has 0 radical (unpaired) electrons. The molecule has 4 rings (SSSR count). The maximum atomic E-state index is 14.8. The Hall–Kier alpha value is -4.55. The van der Waals surface area contributed by atoms with Gasteiger partial charge in [-0.25, -0.2) is 14.4 Å². The third-order valence-corrected chi connectivity index (χ3v) is 5.39. The number of rotatable bonds is 5. The second-order valence-corrected chi connectivity index (χ2v) is 7.92. The summed E-state index contributed by atoms with van der Waals surface area (Å²) in [7, 11) is 0. The van der Waals surface area contributed by atoms with Crippen molar-refractivity contribution in [1.82, 2.24) is 14.5 Å². The highest BCUT2D eigenvalue weighted by atomic mass is 19.1. The summed E-state index contributed by atoms with van der Waals surface area (Å²) in [5.41, 5.74) is 7.01. The molecule has 5 N–H and O–H groups in total. The number of nitrogens with two attached hydrogens (primary N) is 1. The van der Waals surface area contributed by atoms with Gasteiger partial charge in [0.15, 0.2) is 0 Å². The number of halogens is 1. The van der Waals surface area contributed by atoms with Crippen LogP contribution in [-0.2, 0) is 6.54 Å². The third-order valence-electron chi connectivity index (χ3n) is 5.39. The SMILES string of the molecule is Cc1cccc2cc(CNc3ncnc(N)c3C(=N)C#C[C@@H](C)O)n(-c3ccccc3F)c(=O)c12. The monoisotopic (exact) mass is 470 g/mol. The fourth-order valence-electron chi connectivity index (χ4n) is 3.81.